The molecule has 0 saturated heterocycles. The summed E-state index contributed by atoms with van der Waals surface area (Å²) in [5.41, 5.74) is -2.51. The lowest BCUT2D eigenvalue weighted by molar-refractivity contribution is -0.146. The molecule has 0 aromatic rings. The maximum absolute atomic E-state index is 11.7. The molecule has 0 aliphatic rings. The van der Waals surface area contributed by atoms with Gasteiger partial charge in [-0.2, -0.15) is 0 Å². The van der Waals surface area contributed by atoms with Gasteiger partial charge < -0.3 is 20.8 Å². The summed E-state index contributed by atoms with van der Waals surface area (Å²) >= 11 is 0. The second-order valence-corrected chi connectivity index (χ2v) is 7.58. The number of rotatable bonds is 13. The number of hydrogen-bond acceptors (Lipinski definition) is 4. The van der Waals surface area contributed by atoms with Crippen LogP contribution in [0.25, 0.3) is 0 Å². The number of carboxylic acids is 2. The highest BCUT2D eigenvalue weighted by molar-refractivity contribution is 5.86. The maximum Gasteiger partial charge on any atom is 0.328 e. The van der Waals surface area contributed by atoms with Crippen molar-refractivity contribution in [3.05, 3.63) is 0 Å². The minimum absolute atomic E-state index is 0.268. The van der Waals surface area contributed by atoms with Crippen LogP contribution in [0.4, 0.5) is 0 Å². The van der Waals surface area contributed by atoms with E-state index < -0.39 is 23.0 Å². The molecule has 0 atom stereocenters. The average Bonchev–Trinajstić information content (AvgIpc) is 2.48. The fourth-order valence-corrected chi connectivity index (χ4v) is 2.21. The van der Waals surface area contributed by atoms with Crippen LogP contribution >= 0.6 is 0 Å². The van der Waals surface area contributed by atoms with Gasteiger partial charge in [-0.25, -0.2) is 9.59 Å². The molecule has 0 aliphatic carbocycles. The van der Waals surface area contributed by atoms with Gasteiger partial charge in [-0.15, -0.1) is 0 Å². The molecule has 0 unspecified atom stereocenters. The molecule has 0 rings (SSSR count). The summed E-state index contributed by atoms with van der Waals surface area (Å²) in [7, 11) is 0. The molecule has 0 saturated carbocycles. The van der Waals surface area contributed by atoms with Gasteiger partial charge in [-0.3, -0.25) is 9.59 Å². The van der Waals surface area contributed by atoms with Crippen LogP contribution < -0.4 is 10.6 Å². The van der Waals surface area contributed by atoms with E-state index in [0.29, 0.717) is 25.7 Å². The molecule has 0 bridgehead atoms. The summed E-state index contributed by atoms with van der Waals surface area (Å²) in [6.07, 6.45) is 5.55. The average molecular weight is 372 g/mol. The first-order valence-electron chi connectivity index (χ1n) is 8.97. The van der Waals surface area contributed by atoms with Gasteiger partial charge in [0.2, 0.25) is 11.8 Å². The van der Waals surface area contributed by atoms with E-state index in [2.05, 4.69) is 10.6 Å². The molecule has 0 aromatic heterocycles. The quantitative estimate of drug-likeness (QED) is 0.366. The minimum Gasteiger partial charge on any atom is -0.480 e. The molecule has 0 heterocycles. The largest absolute Gasteiger partial charge is 0.480 e. The molecule has 0 radical (unpaired) electrons. The van der Waals surface area contributed by atoms with Crippen molar-refractivity contribution in [1.82, 2.24) is 10.6 Å². The van der Waals surface area contributed by atoms with Crippen molar-refractivity contribution in [1.29, 1.82) is 0 Å². The fraction of sp³-hybridized carbons (Fsp3) is 0.778. The molecule has 8 heteroatoms. The van der Waals surface area contributed by atoms with E-state index in [-0.39, 0.29) is 11.8 Å². The molecule has 2 amide bonds. The summed E-state index contributed by atoms with van der Waals surface area (Å²) in [5.74, 6) is -2.67. The van der Waals surface area contributed by atoms with Crippen LogP contribution in [0, 0.1) is 0 Å². The lowest BCUT2D eigenvalue weighted by atomic mass is 10.0. The first-order valence-corrected chi connectivity index (χ1v) is 8.97. The van der Waals surface area contributed by atoms with Crippen LogP contribution in [0.5, 0.6) is 0 Å². The third-order valence-corrected chi connectivity index (χ3v) is 4.03. The Labute approximate surface area is 154 Å². The molecule has 0 aliphatic heterocycles. The second-order valence-electron chi connectivity index (χ2n) is 7.58. The maximum atomic E-state index is 11.7. The Morgan fingerprint density at radius 1 is 0.615 bits per heavy atom. The molecule has 8 nitrogen and oxygen atoms in total. The summed E-state index contributed by atoms with van der Waals surface area (Å²) in [6.45, 7) is 5.78. The highest BCUT2D eigenvalue weighted by Crippen LogP contribution is 2.10. The van der Waals surface area contributed by atoms with E-state index in [1.165, 1.54) is 27.7 Å². The number of carboxylic acid groups (broad SMARTS) is 2. The Hall–Kier alpha value is -2.12. The van der Waals surface area contributed by atoms with Crippen molar-refractivity contribution < 1.29 is 29.4 Å². The summed E-state index contributed by atoms with van der Waals surface area (Å²) in [4.78, 5) is 45.2. The van der Waals surface area contributed by atoms with Gasteiger partial charge in [0, 0.05) is 12.8 Å². The van der Waals surface area contributed by atoms with Gasteiger partial charge >= 0.3 is 11.9 Å². The third kappa shape index (κ3) is 10.0. The van der Waals surface area contributed by atoms with Gasteiger partial charge in [-0.05, 0) is 40.5 Å². The molecular weight excluding hydrogens is 340 g/mol. The first-order chi connectivity index (χ1) is 11.9. The normalized spacial score (nSPS) is 11.7. The Morgan fingerprint density at radius 2 is 0.885 bits per heavy atom. The lowest BCUT2D eigenvalue weighted by Gasteiger charge is -2.21. The fourth-order valence-electron chi connectivity index (χ4n) is 2.21. The standard InChI is InChI=1S/C18H32N2O6/c1-17(2,15(23)24)19-13(21)11-9-7-5-6-8-10-12-14(22)20-18(3,4)16(25)26/h5-12H2,1-4H3,(H,19,21)(H,20,22)(H,23,24)(H,25,26). The van der Waals surface area contributed by atoms with Crippen LogP contribution in [-0.2, 0) is 19.2 Å². The molecule has 0 spiro atoms. The topological polar surface area (TPSA) is 133 Å². The molecule has 0 fully saturated rings. The number of amides is 2. The number of carbonyl (C=O) groups is 4. The SMILES string of the molecule is CC(C)(NC(=O)CCCCCCCCC(=O)NC(C)(C)C(=O)O)C(=O)O. The van der Waals surface area contributed by atoms with Crippen molar-refractivity contribution >= 4 is 23.8 Å². The van der Waals surface area contributed by atoms with Crippen molar-refractivity contribution in [3.63, 3.8) is 0 Å². The van der Waals surface area contributed by atoms with Crippen LogP contribution in [0.3, 0.4) is 0 Å². The van der Waals surface area contributed by atoms with Crippen LogP contribution in [0.2, 0.25) is 0 Å². The Kier molecular flexibility index (Phi) is 9.90. The van der Waals surface area contributed by atoms with Crippen LogP contribution in [0.15, 0.2) is 0 Å². The molecular formula is C18H32N2O6. The summed E-state index contributed by atoms with van der Waals surface area (Å²) in [6, 6.07) is 0. The molecule has 150 valence electrons. The van der Waals surface area contributed by atoms with E-state index in [0.717, 1.165) is 25.7 Å². The molecule has 4 N–H and O–H groups in total. The zero-order valence-electron chi connectivity index (χ0n) is 16.2. The van der Waals surface area contributed by atoms with Crippen LogP contribution in [-0.4, -0.2) is 45.0 Å². The lowest BCUT2D eigenvalue weighted by Crippen LogP contribution is -2.49. The third-order valence-electron chi connectivity index (χ3n) is 4.03. The minimum atomic E-state index is -1.26. The predicted molar refractivity (Wildman–Crippen MR) is 96.7 cm³/mol. The number of unbranched alkanes of at least 4 members (excludes halogenated alkanes) is 5. The highest BCUT2D eigenvalue weighted by atomic mass is 16.4. The number of carbonyl (C=O) groups excluding carboxylic acids is 2. The number of nitrogens with one attached hydrogen (secondary N) is 2. The van der Waals surface area contributed by atoms with E-state index in [1.807, 2.05) is 0 Å². The highest BCUT2D eigenvalue weighted by Gasteiger charge is 2.29. The van der Waals surface area contributed by atoms with Crippen LogP contribution in [0.1, 0.15) is 79.1 Å². The van der Waals surface area contributed by atoms with E-state index in [9.17, 15) is 19.2 Å². The van der Waals surface area contributed by atoms with Gasteiger partial charge in [0.25, 0.3) is 0 Å². The first kappa shape index (κ1) is 23.9. The summed E-state index contributed by atoms with van der Waals surface area (Å²) in [5, 5.41) is 22.8. The summed E-state index contributed by atoms with van der Waals surface area (Å²) < 4.78 is 0. The van der Waals surface area contributed by atoms with E-state index in [4.69, 9.17) is 10.2 Å². The zero-order valence-corrected chi connectivity index (χ0v) is 16.2. The number of hydrogen-bond donors (Lipinski definition) is 4. The van der Waals surface area contributed by atoms with Crippen molar-refractivity contribution in [2.24, 2.45) is 0 Å². The number of aliphatic carboxylic acids is 2. The van der Waals surface area contributed by atoms with Gasteiger partial charge in [0.1, 0.15) is 11.1 Å². The van der Waals surface area contributed by atoms with Crippen molar-refractivity contribution in [2.45, 2.75) is 90.1 Å². The predicted octanol–water partition coefficient (Wildman–Crippen LogP) is 2.07. The molecule has 26 heavy (non-hydrogen) atoms. The Morgan fingerprint density at radius 3 is 1.15 bits per heavy atom. The van der Waals surface area contributed by atoms with Crippen molar-refractivity contribution in [2.75, 3.05) is 0 Å². The molecule has 0 aromatic carbocycles. The Bertz CT molecular complexity index is 468. The van der Waals surface area contributed by atoms with Gasteiger partial charge in [0.05, 0.1) is 0 Å². The van der Waals surface area contributed by atoms with Crippen molar-refractivity contribution in [3.8, 4) is 0 Å². The smallest absolute Gasteiger partial charge is 0.328 e. The van der Waals surface area contributed by atoms with E-state index in [1.54, 1.807) is 0 Å². The van der Waals surface area contributed by atoms with Gasteiger partial charge in [-0.1, -0.05) is 25.7 Å². The van der Waals surface area contributed by atoms with Gasteiger partial charge in [0.15, 0.2) is 0 Å². The Balaban J connectivity index is 3.71. The second kappa shape index (κ2) is 10.8. The van der Waals surface area contributed by atoms with E-state index >= 15 is 0 Å². The zero-order chi connectivity index (χ0) is 20.4. The monoisotopic (exact) mass is 372 g/mol.